The van der Waals surface area contributed by atoms with Crippen LogP contribution in [-0.2, 0) is 4.74 Å². The van der Waals surface area contributed by atoms with Gasteiger partial charge in [-0.2, -0.15) is 0 Å². The Morgan fingerprint density at radius 2 is 1.95 bits per heavy atom. The molecule has 19 heavy (non-hydrogen) atoms. The van der Waals surface area contributed by atoms with Gasteiger partial charge in [0.2, 0.25) is 0 Å². The molecule has 0 aliphatic carbocycles. The van der Waals surface area contributed by atoms with Crippen LogP contribution in [0.25, 0.3) is 0 Å². The van der Waals surface area contributed by atoms with Crippen molar-refractivity contribution in [3.05, 3.63) is 23.8 Å². The van der Waals surface area contributed by atoms with Crippen LogP contribution in [0.5, 0.6) is 11.5 Å². The van der Waals surface area contributed by atoms with Gasteiger partial charge in [-0.25, -0.2) is 0 Å². The molecular weight excluding hydrogens is 244 g/mol. The summed E-state index contributed by atoms with van der Waals surface area (Å²) in [6.45, 7) is 2.77. The number of rotatable bonds is 5. The summed E-state index contributed by atoms with van der Waals surface area (Å²) in [6, 6.07) is 5.70. The maximum absolute atomic E-state index is 5.76. The first kappa shape index (κ1) is 14.1. The minimum absolute atomic E-state index is 0.0453. The van der Waals surface area contributed by atoms with Crippen LogP contribution in [0, 0.1) is 5.92 Å². The third-order valence-corrected chi connectivity index (χ3v) is 3.66. The second-order valence-corrected chi connectivity index (χ2v) is 4.86. The van der Waals surface area contributed by atoms with Crippen molar-refractivity contribution in [1.82, 2.24) is 5.43 Å². The lowest BCUT2D eigenvalue weighted by atomic mass is 9.90. The minimum Gasteiger partial charge on any atom is -0.496 e. The van der Waals surface area contributed by atoms with Gasteiger partial charge in [0.1, 0.15) is 11.5 Å². The lowest BCUT2D eigenvalue weighted by molar-refractivity contribution is 0.116. The van der Waals surface area contributed by atoms with Gasteiger partial charge >= 0.3 is 0 Å². The second-order valence-electron chi connectivity index (χ2n) is 4.86. The standard InChI is InChI=1S/C14H22N2O3/c1-9-7-10(8-19-9)14(16-15)13-11(17-2)5-4-6-12(13)18-3/h4-6,9-10,14,16H,7-8,15H2,1-3H3. The fourth-order valence-corrected chi connectivity index (χ4v) is 2.72. The molecule has 3 atom stereocenters. The van der Waals surface area contributed by atoms with Crippen molar-refractivity contribution in [2.24, 2.45) is 11.8 Å². The summed E-state index contributed by atoms with van der Waals surface area (Å²) in [6.07, 6.45) is 1.23. The monoisotopic (exact) mass is 266 g/mol. The Kier molecular flexibility index (Phi) is 4.63. The zero-order valence-corrected chi connectivity index (χ0v) is 11.7. The molecule has 0 saturated carbocycles. The molecule has 1 aliphatic rings. The number of benzene rings is 1. The largest absolute Gasteiger partial charge is 0.496 e. The molecule has 0 radical (unpaired) electrons. The summed E-state index contributed by atoms with van der Waals surface area (Å²) in [7, 11) is 3.30. The van der Waals surface area contributed by atoms with Crippen LogP contribution < -0.4 is 20.7 Å². The Hall–Kier alpha value is -1.30. The van der Waals surface area contributed by atoms with E-state index in [1.165, 1.54) is 0 Å². The smallest absolute Gasteiger partial charge is 0.127 e. The van der Waals surface area contributed by atoms with E-state index in [1.54, 1.807) is 14.2 Å². The average molecular weight is 266 g/mol. The molecular formula is C14H22N2O3. The maximum atomic E-state index is 5.76. The van der Waals surface area contributed by atoms with Crippen LogP contribution in [0.1, 0.15) is 24.9 Å². The highest BCUT2D eigenvalue weighted by molar-refractivity contribution is 5.47. The Bertz CT molecular complexity index is 403. The fraction of sp³-hybridized carbons (Fsp3) is 0.571. The van der Waals surface area contributed by atoms with Gasteiger partial charge in [0.05, 0.1) is 38.5 Å². The van der Waals surface area contributed by atoms with Crippen molar-refractivity contribution in [1.29, 1.82) is 0 Å². The number of ether oxygens (including phenoxy) is 3. The Morgan fingerprint density at radius 1 is 1.32 bits per heavy atom. The van der Waals surface area contributed by atoms with E-state index in [9.17, 15) is 0 Å². The first-order chi connectivity index (χ1) is 9.21. The summed E-state index contributed by atoms with van der Waals surface area (Å²) in [5, 5.41) is 0. The lowest BCUT2D eigenvalue weighted by Gasteiger charge is -2.25. The van der Waals surface area contributed by atoms with Gasteiger partial charge in [-0.05, 0) is 25.5 Å². The van der Waals surface area contributed by atoms with Gasteiger partial charge in [-0.1, -0.05) is 6.07 Å². The van der Waals surface area contributed by atoms with E-state index in [1.807, 2.05) is 18.2 Å². The topological polar surface area (TPSA) is 65.7 Å². The third kappa shape index (κ3) is 2.83. The van der Waals surface area contributed by atoms with Gasteiger partial charge in [0.15, 0.2) is 0 Å². The second kappa shape index (κ2) is 6.23. The first-order valence-electron chi connectivity index (χ1n) is 6.49. The molecule has 1 heterocycles. The number of hydrazine groups is 1. The van der Waals surface area contributed by atoms with Crippen LogP contribution in [0.3, 0.4) is 0 Å². The molecule has 106 valence electrons. The van der Waals surface area contributed by atoms with Gasteiger partial charge in [0, 0.05) is 5.92 Å². The number of nitrogens with one attached hydrogen (secondary N) is 1. The molecule has 1 saturated heterocycles. The third-order valence-electron chi connectivity index (χ3n) is 3.66. The van der Waals surface area contributed by atoms with Crippen molar-refractivity contribution in [3.8, 4) is 11.5 Å². The Labute approximate surface area is 114 Å². The Morgan fingerprint density at radius 3 is 2.37 bits per heavy atom. The molecule has 0 bridgehead atoms. The first-order valence-corrected chi connectivity index (χ1v) is 6.49. The summed E-state index contributed by atoms with van der Waals surface area (Å²) >= 11 is 0. The Balaban J connectivity index is 2.36. The van der Waals surface area contributed by atoms with Gasteiger partial charge in [-0.3, -0.25) is 11.3 Å². The average Bonchev–Trinajstić information content (AvgIpc) is 2.86. The molecule has 1 aromatic rings. The summed E-state index contributed by atoms with van der Waals surface area (Å²) < 4.78 is 16.5. The van der Waals surface area contributed by atoms with Crippen molar-refractivity contribution >= 4 is 0 Å². The number of hydrogen-bond acceptors (Lipinski definition) is 5. The van der Waals surface area contributed by atoms with Crippen LogP contribution in [0.4, 0.5) is 0 Å². The predicted octanol–water partition coefficient (Wildman–Crippen LogP) is 1.63. The van der Waals surface area contributed by atoms with Gasteiger partial charge < -0.3 is 14.2 Å². The molecule has 1 aliphatic heterocycles. The van der Waals surface area contributed by atoms with E-state index in [0.717, 1.165) is 23.5 Å². The highest BCUT2D eigenvalue weighted by atomic mass is 16.5. The molecule has 0 spiro atoms. The van der Waals surface area contributed by atoms with E-state index in [2.05, 4.69) is 12.3 Å². The van der Waals surface area contributed by atoms with Gasteiger partial charge in [-0.15, -0.1) is 0 Å². The van der Waals surface area contributed by atoms with Gasteiger partial charge in [0.25, 0.3) is 0 Å². The maximum Gasteiger partial charge on any atom is 0.127 e. The summed E-state index contributed by atoms with van der Waals surface area (Å²) in [5.74, 6) is 7.63. The summed E-state index contributed by atoms with van der Waals surface area (Å²) in [5.41, 5.74) is 3.85. The highest BCUT2D eigenvalue weighted by Gasteiger charge is 2.33. The number of methoxy groups -OCH3 is 2. The molecule has 5 heteroatoms. The highest BCUT2D eigenvalue weighted by Crippen LogP contribution is 2.40. The van der Waals surface area contributed by atoms with Crippen LogP contribution in [0.2, 0.25) is 0 Å². The SMILES string of the molecule is COc1cccc(OC)c1C(NN)C1COC(C)C1. The van der Waals surface area contributed by atoms with Crippen molar-refractivity contribution in [3.63, 3.8) is 0 Å². The van der Waals surface area contributed by atoms with Crippen molar-refractivity contribution in [2.75, 3.05) is 20.8 Å². The predicted molar refractivity (Wildman–Crippen MR) is 73.1 cm³/mol. The minimum atomic E-state index is -0.0453. The molecule has 0 amide bonds. The zero-order chi connectivity index (χ0) is 13.8. The van der Waals surface area contributed by atoms with Crippen LogP contribution >= 0.6 is 0 Å². The molecule has 3 unspecified atom stereocenters. The molecule has 1 fully saturated rings. The summed E-state index contributed by atoms with van der Waals surface area (Å²) in [4.78, 5) is 0. The van der Waals surface area contributed by atoms with Crippen LogP contribution in [-0.4, -0.2) is 26.9 Å². The normalized spacial score (nSPS) is 24.2. The molecule has 5 nitrogen and oxygen atoms in total. The van der Waals surface area contributed by atoms with E-state index in [4.69, 9.17) is 20.1 Å². The van der Waals surface area contributed by atoms with Crippen molar-refractivity contribution < 1.29 is 14.2 Å². The molecule has 1 aromatic carbocycles. The zero-order valence-electron chi connectivity index (χ0n) is 11.7. The van der Waals surface area contributed by atoms with E-state index >= 15 is 0 Å². The number of hydrogen-bond donors (Lipinski definition) is 2. The lowest BCUT2D eigenvalue weighted by Crippen LogP contribution is -2.34. The number of nitrogens with two attached hydrogens (primary N) is 1. The molecule has 2 rings (SSSR count). The molecule has 0 aromatic heterocycles. The fourth-order valence-electron chi connectivity index (χ4n) is 2.72. The van der Waals surface area contributed by atoms with Crippen LogP contribution in [0.15, 0.2) is 18.2 Å². The quantitative estimate of drug-likeness (QED) is 0.626. The van der Waals surface area contributed by atoms with E-state index < -0.39 is 0 Å². The van der Waals surface area contributed by atoms with E-state index in [-0.39, 0.29) is 12.1 Å². The van der Waals surface area contributed by atoms with Crippen molar-refractivity contribution in [2.45, 2.75) is 25.5 Å². The van der Waals surface area contributed by atoms with E-state index in [0.29, 0.717) is 12.5 Å². The molecule has 3 N–H and O–H groups in total.